The van der Waals surface area contributed by atoms with Crippen LogP contribution >= 0.6 is 11.8 Å². The predicted octanol–water partition coefficient (Wildman–Crippen LogP) is 4.86. The van der Waals surface area contributed by atoms with Gasteiger partial charge in [-0.15, -0.1) is 11.8 Å². The summed E-state index contributed by atoms with van der Waals surface area (Å²) in [6.45, 7) is 6.28. The fraction of sp³-hybridized carbons (Fsp3) is 0.273. The molecule has 2 heterocycles. The van der Waals surface area contributed by atoms with E-state index in [2.05, 4.69) is 20.3 Å². The van der Waals surface area contributed by atoms with Crippen LogP contribution in [0, 0.1) is 6.92 Å². The van der Waals surface area contributed by atoms with Crippen molar-refractivity contribution in [2.45, 2.75) is 38.3 Å². The summed E-state index contributed by atoms with van der Waals surface area (Å²) < 4.78 is 5.79. The summed E-state index contributed by atoms with van der Waals surface area (Å²) in [5.74, 6) is 1.36. The fourth-order valence-electron chi connectivity index (χ4n) is 2.73. The molecule has 0 spiro atoms. The average molecular weight is 409 g/mol. The largest absolute Gasteiger partial charge is 0.487 e. The molecule has 1 N–H and O–H groups in total. The molecular weight excluding hydrogens is 384 g/mol. The zero-order valence-electron chi connectivity index (χ0n) is 17.0. The summed E-state index contributed by atoms with van der Waals surface area (Å²) in [5.41, 5.74) is 2.66. The zero-order valence-corrected chi connectivity index (χ0v) is 17.8. The van der Waals surface area contributed by atoms with Crippen molar-refractivity contribution in [3.05, 3.63) is 71.4 Å². The van der Waals surface area contributed by atoms with E-state index in [1.165, 1.54) is 11.8 Å². The summed E-state index contributed by atoms with van der Waals surface area (Å²) >= 11 is 1.45. The van der Waals surface area contributed by atoms with Gasteiger partial charge in [-0.2, -0.15) is 0 Å². The number of aromatic nitrogens is 3. The van der Waals surface area contributed by atoms with Gasteiger partial charge < -0.3 is 10.1 Å². The molecule has 2 aromatic heterocycles. The highest BCUT2D eigenvalue weighted by atomic mass is 32.2. The molecular formula is C22H24N4O2S. The summed E-state index contributed by atoms with van der Waals surface area (Å²) in [7, 11) is 0. The molecule has 0 saturated carbocycles. The topological polar surface area (TPSA) is 77.0 Å². The van der Waals surface area contributed by atoms with Gasteiger partial charge in [-0.3, -0.25) is 9.78 Å². The quantitative estimate of drug-likeness (QED) is 0.444. The van der Waals surface area contributed by atoms with E-state index >= 15 is 0 Å². The number of nitrogens with one attached hydrogen (secondary N) is 1. The lowest BCUT2D eigenvalue weighted by Crippen LogP contribution is -2.18. The number of nitrogens with zero attached hydrogens (tertiary/aromatic N) is 3. The van der Waals surface area contributed by atoms with Crippen LogP contribution < -0.4 is 10.1 Å². The highest BCUT2D eigenvalue weighted by Crippen LogP contribution is 2.25. The normalized spacial score (nSPS) is 10.8. The molecule has 0 aliphatic heterocycles. The maximum Gasteiger partial charge on any atom is 0.260 e. The van der Waals surface area contributed by atoms with E-state index in [0.717, 1.165) is 11.5 Å². The molecule has 3 aromatic rings. The Morgan fingerprint density at radius 2 is 2.00 bits per heavy atom. The van der Waals surface area contributed by atoms with E-state index in [4.69, 9.17) is 4.74 Å². The lowest BCUT2D eigenvalue weighted by Gasteiger charge is -2.14. The van der Waals surface area contributed by atoms with E-state index in [9.17, 15) is 4.79 Å². The van der Waals surface area contributed by atoms with Crippen molar-refractivity contribution in [3.63, 3.8) is 0 Å². The van der Waals surface area contributed by atoms with Crippen LogP contribution in [0.4, 0.5) is 5.69 Å². The van der Waals surface area contributed by atoms with Crippen LogP contribution in [0.15, 0.2) is 53.7 Å². The summed E-state index contributed by atoms with van der Waals surface area (Å²) in [6, 6.07) is 13.0. The molecule has 0 aliphatic carbocycles. The molecule has 0 unspecified atom stereocenters. The van der Waals surface area contributed by atoms with Gasteiger partial charge in [0.2, 0.25) is 0 Å². The van der Waals surface area contributed by atoms with Crippen LogP contribution in [-0.4, -0.2) is 27.1 Å². The van der Waals surface area contributed by atoms with Crippen LogP contribution in [-0.2, 0) is 6.61 Å². The molecule has 1 aromatic carbocycles. The number of amides is 1. The number of hydrogen-bond acceptors (Lipinski definition) is 6. The first-order chi connectivity index (χ1) is 14.0. The monoisotopic (exact) mass is 408 g/mol. The first-order valence-electron chi connectivity index (χ1n) is 9.34. The van der Waals surface area contributed by atoms with Crippen LogP contribution in [0.25, 0.3) is 0 Å². The van der Waals surface area contributed by atoms with Crippen molar-refractivity contribution in [2.24, 2.45) is 0 Å². The second kappa shape index (κ2) is 9.52. The third kappa shape index (κ3) is 5.32. The smallest absolute Gasteiger partial charge is 0.260 e. The molecule has 0 radical (unpaired) electrons. The number of thioether (sulfide) groups is 1. The fourth-order valence-corrected chi connectivity index (χ4v) is 3.36. The first-order valence-corrected chi connectivity index (χ1v) is 10.6. The van der Waals surface area contributed by atoms with Gasteiger partial charge in [-0.1, -0.05) is 26.0 Å². The zero-order chi connectivity index (χ0) is 20.8. The minimum Gasteiger partial charge on any atom is -0.487 e. The molecule has 29 heavy (non-hydrogen) atoms. The number of carbonyl (C=O) groups excluding carboxylic acids is 1. The second-order valence-electron chi connectivity index (χ2n) is 6.80. The van der Waals surface area contributed by atoms with Crippen molar-refractivity contribution in [3.8, 4) is 5.75 Å². The lowest BCUT2D eigenvalue weighted by molar-refractivity contribution is 0.102. The Bertz CT molecular complexity index is 993. The Morgan fingerprint density at radius 3 is 2.69 bits per heavy atom. The minimum atomic E-state index is -0.232. The Morgan fingerprint density at radius 1 is 1.17 bits per heavy atom. The van der Waals surface area contributed by atoms with Gasteiger partial charge in [0, 0.05) is 23.9 Å². The number of hydrogen-bond donors (Lipinski definition) is 1. The van der Waals surface area contributed by atoms with Gasteiger partial charge in [0.25, 0.3) is 5.91 Å². The molecule has 0 aliphatic rings. The SMILES string of the molecule is CSc1nc(C(C)C)nc(C)c1C(=O)Nc1cccc(OCc2ccccn2)c1. The number of pyridine rings is 1. The minimum absolute atomic E-state index is 0.199. The molecule has 0 fully saturated rings. The van der Waals surface area contributed by atoms with Gasteiger partial charge in [0.15, 0.2) is 0 Å². The standard InChI is InChI=1S/C22H24N4O2S/c1-14(2)20-24-15(3)19(22(26-20)29-4)21(27)25-16-9-7-10-18(12-16)28-13-17-8-5-6-11-23-17/h5-12,14H,13H2,1-4H3,(H,25,27). The molecule has 1 amide bonds. The lowest BCUT2D eigenvalue weighted by atomic mass is 10.1. The first kappa shape index (κ1) is 20.8. The van der Waals surface area contributed by atoms with Gasteiger partial charge in [0.05, 0.1) is 17.0 Å². The van der Waals surface area contributed by atoms with Crippen LogP contribution in [0.5, 0.6) is 5.75 Å². The van der Waals surface area contributed by atoms with E-state index in [-0.39, 0.29) is 11.8 Å². The van der Waals surface area contributed by atoms with Crippen molar-refractivity contribution in [2.75, 3.05) is 11.6 Å². The molecule has 0 bridgehead atoms. The molecule has 3 rings (SSSR count). The van der Waals surface area contributed by atoms with Crippen LogP contribution in [0.1, 0.15) is 47.3 Å². The van der Waals surface area contributed by atoms with Crippen molar-refractivity contribution in [1.82, 2.24) is 15.0 Å². The third-order valence-electron chi connectivity index (χ3n) is 4.22. The maximum absolute atomic E-state index is 12.9. The van der Waals surface area contributed by atoms with Gasteiger partial charge in [-0.25, -0.2) is 9.97 Å². The van der Waals surface area contributed by atoms with E-state index < -0.39 is 0 Å². The van der Waals surface area contributed by atoms with Crippen molar-refractivity contribution in [1.29, 1.82) is 0 Å². The van der Waals surface area contributed by atoms with E-state index in [1.807, 2.05) is 63.4 Å². The predicted molar refractivity (Wildman–Crippen MR) is 116 cm³/mol. The number of rotatable bonds is 7. The second-order valence-corrected chi connectivity index (χ2v) is 7.59. The Labute approximate surface area is 175 Å². The van der Waals surface area contributed by atoms with Crippen LogP contribution in [0.2, 0.25) is 0 Å². The van der Waals surface area contributed by atoms with E-state index in [0.29, 0.717) is 34.3 Å². The molecule has 150 valence electrons. The average Bonchev–Trinajstić information content (AvgIpc) is 2.72. The summed E-state index contributed by atoms with van der Waals surface area (Å²) in [4.78, 5) is 26.2. The van der Waals surface area contributed by atoms with E-state index in [1.54, 1.807) is 12.3 Å². The number of carbonyl (C=O) groups is 1. The Kier molecular flexibility index (Phi) is 6.82. The number of anilines is 1. The number of aryl methyl sites for hydroxylation is 1. The highest BCUT2D eigenvalue weighted by molar-refractivity contribution is 7.98. The molecule has 6 nitrogen and oxygen atoms in total. The van der Waals surface area contributed by atoms with Crippen molar-refractivity contribution < 1.29 is 9.53 Å². The Balaban J connectivity index is 1.76. The number of ether oxygens (including phenoxy) is 1. The van der Waals surface area contributed by atoms with Gasteiger partial charge in [0.1, 0.15) is 23.2 Å². The molecule has 0 saturated heterocycles. The third-order valence-corrected chi connectivity index (χ3v) is 4.90. The summed E-state index contributed by atoms with van der Waals surface area (Å²) in [6.07, 6.45) is 3.64. The van der Waals surface area contributed by atoms with Gasteiger partial charge in [-0.05, 0) is 37.4 Å². The van der Waals surface area contributed by atoms with Gasteiger partial charge >= 0.3 is 0 Å². The highest BCUT2D eigenvalue weighted by Gasteiger charge is 2.19. The summed E-state index contributed by atoms with van der Waals surface area (Å²) in [5, 5.41) is 3.61. The molecule has 0 atom stereocenters. The maximum atomic E-state index is 12.9. The molecule has 7 heteroatoms. The van der Waals surface area contributed by atoms with Crippen LogP contribution in [0.3, 0.4) is 0 Å². The van der Waals surface area contributed by atoms with Crippen molar-refractivity contribution >= 4 is 23.4 Å². The Hall–Kier alpha value is -2.93. The number of benzene rings is 1.